The number of rotatable bonds is 17. The Morgan fingerprint density at radius 3 is 1.54 bits per heavy atom. The summed E-state index contributed by atoms with van der Waals surface area (Å²) in [6.45, 7) is 6.08. The van der Waals surface area contributed by atoms with E-state index < -0.39 is 133 Å². The van der Waals surface area contributed by atoms with Crippen LogP contribution in [0.4, 0.5) is 0 Å². The summed E-state index contributed by atoms with van der Waals surface area (Å²) in [7, 11) is 1.11. The van der Waals surface area contributed by atoms with Gasteiger partial charge in [0.25, 0.3) is 5.91 Å². The average molecular weight is 858 g/mol. The summed E-state index contributed by atoms with van der Waals surface area (Å²) in [5, 5.41) is 2.58. The van der Waals surface area contributed by atoms with Gasteiger partial charge in [0.2, 0.25) is 0 Å². The second kappa shape index (κ2) is 22.7. The fraction of sp³-hybridized carbons (Fsp3) is 0.595. The summed E-state index contributed by atoms with van der Waals surface area (Å²) in [6.07, 6.45) is -14.6. The molecule has 2 saturated heterocycles. The first-order valence-electron chi connectivity index (χ1n) is 18.0. The second-order valence-corrected chi connectivity index (χ2v) is 14.0. The van der Waals surface area contributed by atoms with Crippen LogP contribution in [-0.4, -0.2) is 146 Å². The molecular formula is C37H47NO20S. The zero-order valence-corrected chi connectivity index (χ0v) is 34.2. The van der Waals surface area contributed by atoms with E-state index in [1.807, 2.05) is 0 Å². The van der Waals surface area contributed by atoms with Crippen molar-refractivity contribution in [3.05, 3.63) is 35.9 Å². The first-order valence-corrected chi connectivity index (χ1v) is 19.0. The standard InChI is InChI=1S/C37H47NO20S/c1-17(39)49-14-26-28(51-19(3)41)30(52-20(4)42)32(54-22(6)44)36(56-26)58-29-27(15-50-18(2)40)57-37(33(55-23(7)45)31(29)53-21(5)43)59-16-25(35(47)48-8)38-34(46)24-12-10-9-11-13-24/h9-13,25-33,36-37H,14-16H2,1-8H3,(H,38,46)/t25-,26+,27+,28-,29+,30-,31-,32+,33+,36-,37+/m0/s1. The molecule has 3 rings (SSSR count). The first kappa shape index (κ1) is 48.1. The van der Waals surface area contributed by atoms with Crippen molar-refractivity contribution in [3.63, 3.8) is 0 Å². The molecule has 1 aromatic carbocycles. The maximum absolute atomic E-state index is 13.0. The van der Waals surface area contributed by atoms with E-state index in [9.17, 15) is 43.2 Å². The predicted octanol–water partition coefficient (Wildman–Crippen LogP) is 0.311. The molecule has 1 amide bonds. The highest BCUT2D eigenvalue weighted by Crippen LogP contribution is 2.38. The third kappa shape index (κ3) is 14.8. The normalized spacial score (nSPS) is 26.7. The monoisotopic (exact) mass is 857 g/mol. The number of esters is 8. The number of nitrogens with one attached hydrogen (secondary N) is 1. The average Bonchev–Trinajstić information content (AvgIpc) is 3.14. The number of methoxy groups -OCH3 is 1. The molecule has 0 saturated carbocycles. The lowest BCUT2D eigenvalue weighted by Gasteiger charge is -2.48. The Morgan fingerprint density at radius 1 is 0.593 bits per heavy atom. The highest BCUT2D eigenvalue weighted by Gasteiger charge is 2.57. The third-order valence-electron chi connectivity index (χ3n) is 8.14. The van der Waals surface area contributed by atoms with Gasteiger partial charge in [0.05, 0.1) is 7.11 Å². The summed E-state index contributed by atoms with van der Waals surface area (Å²) in [6, 6.07) is 6.67. The topological polar surface area (TPSA) is 267 Å². The highest BCUT2D eigenvalue weighted by atomic mass is 32.2. The fourth-order valence-corrected chi connectivity index (χ4v) is 7.16. The lowest BCUT2D eigenvalue weighted by Crippen LogP contribution is -2.67. The number of carbonyl (C=O) groups excluding carboxylic acids is 9. The molecular weight excluding hydrogens is 810 g/mol. The van der Waals surface area contributed by atoms with Gasteiger partial charge in [-0.2, -0.15) is 0 Å². The van der Waals surface area contributed by atoms with Crippen molar-refractivity contribution < 1.29 is 95.3 Å². The van der Waals surface area contributed by atoms with Crippen molar-refractivity contribution in [2.45, 2.75) is 115 Å². The van der Waals surface area contributed by atoms with E-state index in [1.165, 1.54) is 12.1 Å². The van der Waals surface area contributed by atoms with Crippen LogP contribution < -0.4 is 5.32 Å². The van der Waals surface area contributed by atoms with Crippen molar-refractivity contribution in [3.8, 4) is 0 Å². The molecule has 1 aromatic rings. The molecule has 0 aromatic heterocycles. The Labute approximate surface area is 342 Å². The third-order valence-corrected chi connectivity index (χ3v) is 9.37. The van der Waals surface area contributed by atoms with E-state index in [0.29, 0.717) is 0 Å². The maximum Gasteiger partial charge on any atom is 0.329 e. The van der Waals surface area contributed by atoms with Gasteiger partial charge >= 0.3 is 47.8 Å². The molecule has 2 heterocycles. The minimum atomic E-state index is -1.86. The largest absolute Gasteiger partial charge is 0.467 e. The predicted molar refractivity (Wildman–Crippen MR) is 195 cm³/mol. The first-order chi connectivity index (χ1) is 27.8. The molecule has 0 aliphatic carbocycles. The van der Waals surface area contributed by atoms with Gasteiger partial charge in [-0.15, -0.1) is 11.8 Å². The molecule has 11 atom stereocenters. The second-order valence-electron chi connectivity index (χ2n) is 12.9. The number of benzene rings is 1. The van der Waals surface area contributed by atoms with Gasteiger partial charge in [0.15, 0.2) is 36.8 Å². The molecule has 2 aliphatic rings. The molecule has 59 heavy (non-hydrogen) atoms. The van der Waals surface area contributed by atoms with Crippen LogP contribution in [0.2, 0.25) is 0 Å². The molecule has 2 aliphatic heterocycles. The molecule has 1 N–H and O–H groups in total. The Hall–Kier alpha value is -5.32. The van der Waals surface area contributed by atoms with Gasteiger partial charge in [-0.3, -0.25) is 38.4 Å². The maximum atomic E-state index is 13.0. The van der Waals surface area contributed by atoms with Crippen molar-refractivity contribution in [2.24, 2.45) is 0 Å². The zero-order chi connectivity index (χ0) is 44.0. The number of ether oxygens (including phenoxy) is 11. The van der Waals surface area contributed by atoms with E-state index in [4.69, 9.17) is 52.1 Å². The number of amides is 1. The van der Waals surface area contributed by atoms with Crippen LogP contribution in [0.5, 0.6) is 0 Å². The van der Waals surface area contributed by atoms with Crippen LogP contribution in [0, 0.1) is 0 Å². The van der Waals surface area contributed by atoms with Crippen molar-refractivity contribution >= 4 is 65.4 Å². The van der Waals surface area contributed by atoms with Crippen molar-refractivity contribution in [2.75, 3.05) is 26.1 Å². The fourth-order valence-electron chi connectivity index (χ4n) is 5.94. The lowest BCUT2D eigenvalue weighted by atomic mass is 9.96. The van der Waals surface area contributed by atoms with E-state index in [1.54, 1.807) is 18.2 Å². The molecule has 0 bridgehead atoms. The smallest absolute Gasteiger partial charge is 0.329 e. The van der Waals surface area contributed by atoms with Gasteiger partial charge in [0.1, 0.15) is 43.0 Å². The van der Waals surface area contributed by atoms with Crippen LogP contribution in [0.3, 0.4) is 0 Å². The van der Waals surface area contributed by atoms with Crippen LogP contribution in [0.15, 0.2) is 30.3 Å². The molecule has 326 valence electrons. The summed E-state index contributed by atoms with van der Waals surface area (Å²) >= 11 is 0.828. The van der Waals surface area contributed by atoms with Crippen molar-refractivity contribution in [1.29, 1.82) is 0 Å². The van der Waals surface area contributed by atoms with E-state index in [-0.39, 0.29) is 11.3 Å². The molecule has 2 fully saturated rings. The SMILES string of the molecule is COC(=O)[C@H](CS[C@H]1O[C@H](COC(C)=O)[C@@H](O[C@@H]2O[C@H](COC(C)=O)[C@H](OC(C)=O)[C@H](OC(C)=O)[C@H]2OC(C)=O)[C@H](OC(C)=O)[C@H]1OC(C)=O)NC(=O)c1ccccc1. The summed E-state index contributed by atoms with van der Waals surface area (Å²) < 4.78 is 61.7. The van der Waals surface area contributed by atoms with Gasteiger partial charge in [-0.25, -0.2) is 4.79 Å². The van der Waals surface area contributed by atoms with Gasteiger partial charge in [-0.1, -0.05) is 18.2 Å². The molecule has 0 spiro atoms. The Bertz CT molecular complexity index is 1690. The zero-order valence-electron chi connectivity index (χ0n) is 33.4. The van der Waals surface area contributed by atoms with Crippen LogP contribution in [0.25, 0.3) is 0 Å². The highest BCUT2D eigenvalue weighted by molar-refractivity contribution is 7.99. The van der Waals surface area contributed by atoms with Crippen LogP contribution >= 0.6 is 11.8 Å². The molecule has 21 nitrogen and oxygen atoms in total. The van der Waals surface area contributed by atoms with Crippen molar-refractivity contribution in [1.82, 2.24) is 5.32 Å². The summed E-state index contributed by atoms with van der Waals surface area (Å²) in [4.78, 5) is 112. The number of thioether (sulfide) groups is 1. The quantitative estimate of drug-likeness (QED) is 0.163. The number of carbonyl (C=O) groups is 9. The minimum absolute atomic E-state index is 0.233. The Kier molecular flexibility index (Phi) is 18.5. The van der Waals surface area contributed by atoms with Gasteiger partial charge in [-0.05, 0) is 12.1 Å². The van der Waals surface area contributed by atoms with E-state index >= 15 is 0 Å². The Balaban J connectivity index is 2.12. The molecule has 0 unspecified atom stereocenters. The summed E-state index contributed by atoms with van der Waals surface area (Å²) in [5.41, 5.74) is -1.11. The van der Waals surface area contributed by atoms with Gasteiger partial charge < -0.3 is 57.4 Å². The van der Waals surface area contributed by atoms with Gasteiger partial charge in [0, 0.05) is 59.8 Å². The minimum Gasteiger partial charge on any atom is -0.467 e. The number of hydrogen-bond donors (Lipinski definition) is 1. The van der Waals surface area contributed by atoms with Crippen LogP contribution in [-0.2, 0) is 90.5 Å². The summed E-state index contributed by atoms with van der Waals surface area (Å²) in [5.74, 6) is -7.90. The van der Waals surface area contributed by atoms with Crippen LogP contribution in [0.1, 0.15) is 58.8 Å². The Morgan fingerprint density at radius 2 is 1.05 bits per heavy atom. The number of hydrogen-bond acceptors (Lipinski definition) is 21. The molecule has 22 heteroatoms. The van der Waals surface area contributed by atoms with E-state index in [2.05, 4.69) is 5.32 Å². The molecule has 0 radical (unpaired) electrons. The lowest BCUT2D eigenvalue weighted by molar-refractivity contribution is -0.341. The van der Waals surface area contributed by atoms with E-state index in [0.717, 1.165) is 67.3 Å².